The SMILES string of the molecule is O=C(Oc1ccc(Cc2ccccc2)cc1)[C@H]1CC(=O)N(c2cccc(Cl)c2Cl)C1. The Morgan fingerprint density at radius 2 is 1.63 bits per heavy atom. The van der Waals surface area contributed by atoms with Crippen molar-refractivity contribution in [3.8, 4) is 5.75 Å². The number of nitrogens with zero attached hydrogens (tertiary/aromatic N) is 1. The van der Waals surface area contributed by atoms with Gasteiger partial charge in [0.2, 0.25) is 5.91 Å². The first-order valence-electron chi connectivity index (χ1n) is 9.60. The standard InChI is InChI=1S/C24H19Cl2NO3/c25-20-7-4-8-21(23(20)26)27-15-18(14-22(27)28)24(29)30-19-11-9-17(10-12-19)13-16-5-2-1-3-6-16/h1-12,18H,13-15H2/t18-/m0/s1. The first kappa shape index (κ1) is 20.5. The number of carbonyl (C=O) groups is 2. The first-order chi connectivity index (χ1) is 14.5. The lowest BCUT2D eigenvalue weighted by Gasteiger charge is -2.18. The van der Waals surface area contributed by atoms with Crippen LogP contribution in [-0.4, -0.2) is 18.4 Å². The second kappa shape index (κ2) is 8.90. The first-order valence-corrected chi connectivity index (χ1v) is 10.4. The Hall–Kier alpha value is -2.82. The molecule has 1 fully saturated rings. The Morgan fingerprint density at radius 3 is 2.37 bits per heavy atom. The summed E-state index contributed by atoms with van der Waals surface area (Å²) in [6, 6.07) is 22.7. The van der Waals surface area contributed by atoms with Crippen LogP contribution in [-0.2, 0) is 16.0 Å². The highest BCUT2D eigenvalue weighted by atomic mass is 35.5. The zero-order valence-corrected chi connectivity index (χ0v) is 17.6. The predicted molar refractivity (Wildman–Crippen MR) is 118 cm³/mol. The van der Waals surface area contributed by atoms with E-state index in [4.69, 9.17) is 27.9 Å². The minimum Gasteiger partial charge on any atom is -0.426 e. The molecule has 0 aliphatic carbocycles. The predicted octanol–water partition coefficient (Wildman–Crippen LogP) is 5.54. The Morgan fingerprint density at radius 1 is 0.933 bits per heavy atom. The molecular formula is C24H19Cl2NO3. The number of esters is 1. The molecule has 3 aromatic carbocycles. The molecule has 4 nitrogen and oxygen atoms in total. The number of carbonyl (C=O) groups excluding carboxylic acids is 2. The summed E-state index contributed by atoms with van der Waals surface area (Å²) in [5.74, 6) is -0.709. The van der Waals surface area contributed by atoms with Crippen molar-refractivity contribution in [1.29, 1.82) is 0 Å². The number of rotatable bonds is 5. The van der Waals surface area contributed by atoms with Gasteiger partial charge in [0.05, 0.1) is 21.7 Å². The van der Waals surface area contributed by atoms with E-state index < -0.39 is 11.9 Å². The van der Waals surface area contributed by atoms with Crippen LogP contribution >= 0.6 is 23.2 Å². The Labute approximate surface area is 185 Å². The summed E-state index contributed by atoms with van der Waals surface area (Å²) in [6.07, 6.45) is 0.884. The van der Waals surface area contributed by atoms with E-state index in [1.807, 2.05) is 30.3 Å². The highest BCUT2D eigenvalue weighted by Gasteiger charge is 2.37. The van der Waals surface area contributed by atoms with Crippen LogP contribution in [0.25, 0.3) is 0 Å². The van der Waals surface area contributed by atoms with Crippen LogP contribution in [0.2, 0.25) is 10.0 Å². The van der Waals surface area contributed by atoms with Gasteiger partial charge in [-0.05, 0) is 41.8 Å². The fourth-order valence-corrected chi connectivity index (χ4v) is 3.90. The Kier molecular flexibility index (Phi) is 6.07. The molecule has 1 aliphatic heterocycles. The number of benzene rings is 3. The summed E-state index contributed by atoms with van der Waals surface area (Å²) in [7, 11) is 0. The van der Waals surface area contributed by atoms with Gasteiger partial charge >= 0.3 is 5.97 Å². The number of amides is 1. The molecule has 0 aromatic heterocycles. The van der Waals surface area contributed by atoms with Crippen LogP contribution in [0.5, 0.6) is 5.75 Å². The lowest BCUT2D eigenvalue weighted by atomic mass is 10.1. The molecule has 0 saturated carbocycles. The molecule has 1 atom stereocenters. The number of hydrogen-bond acceptors (Lipinski definition) is 3. The molecule has 0 radical (unpaired) electrons. The lowest BCUT2D eigenvalue weighted by molar-refractivity contribution is -0.139. The molecule has 0 bridgehead atoms. The van der Waals surface area contributed by atoms with E-state index in [2.05, 4.69) is 12.1 Å². The van der Waals surface area contributed by atoms with Gasteiger partial charge in [-0.1, -0.05) is 71.7 Å². The molecule has 4 rings (SSSR count). The fraction of sp³-hybridized carbons (Fsp3) is 0.167. The third kappa shape index (κ3) is 4.50. The van der Waals surface area contributed by atoms with Gasteiger partial charge in [0, 0.05) is 13.0 Å². The molecular weight excluding hydrogens is 421 g/mol. The van der Waals surface area contributed by atoms with Gasteiger partial charge in [0.15, 0.2) is 0 Å². The minimum atomic E-state index is -0.559. The van der Waals surface area contributed by atoms with E-state index in [1.54, 1.807) is 30.3 Å². The summed E-state index contributed by atoms with van der Waals surface area (Å²) in [6.45, 7) is 0.212. The Bertz CT molecular complexity index is 1070. The molecule has 3 aromatic rings. The van der Waals surface area contributed by atoms with Gasteiger partial charge in [0.1, 0.15) is 5.75 Å². The van der Waals surface area contributed by atoms with Crippen molar-refractivity contribution >= 4 is 40.8 Å². The number of hydrogen-bond donors (Lipinski definition) is 0. The van der Waals surface area contributed by atoms with E-state index in [-0.39, 0.29) is 18.9 Å². The number of anilines is 1. The van der Waals surface area contributed by atoms with Gasteiger partial charge < -0.3 is 9.64 Å². The molecule has 0 N–H and O–H groups in total. The van der Waals surface area contributed by atoms with Crippen LogP contribution < -0.4 is 9.64 Å². The maximum atomic E-state index is 12.6. The third-order valence-corrected chi connectivity index (χ3v) is 5.88. The van der Waals surface area contributed by atoms with Crippen molar-refractivity contribution in [3.05, 3.63) is 94.0 Å². The fourth-order valence-electron chi connectivity index (χ4n) is 3.51. The maximum Gasteiger partial charge on any atom is 0.316 e. The average molecular weight is 440 g/mol. The molecule has 152 valence electrons. The van der Waals surface area contributed by atoms with Gasteiger partial charge in [-0.15, -0.1) is 0 Å². The molecule has 1 amide bonds. The van der Waals surface area contributed by atoms with Crippen LogP contribution in [0, 0.1) is 5.92 Å². The van der Waals surface area contributed by atoms with Crippen LogP contribution in [0.15, 0.2) is 72.8 Å². The van der Waals surface area contributed by atoms with Crippen molar-refractivity contribution in [2.75, 3.05) is 11.4 Å². The molecule has 0 spiro atoms. The van der Waals surface area contributed by atoms with Crippen molar-refractivity contribution in [3.63, 3.8) is 0 Å². The van der Waals surface area contributed by atoms with Gasteiger partial charge in [-0.3, -0.25) is 9.59 Å². The van der Waals surface area contributed by atoms with Crippen molar-refractivity contribution < 1.29 is 14.3 Å². The molecule has 1 heterocycles. The van der Waals surface area contributed by atoms with E-state index in [1.165, 1.54) is 10.5 Å². The van der Waals surface area contributed by atoms with Gasteiger partial charge in [-0.2, -0.15) is 0 Å². The van der Waals surface area contributed by atoms with Crippen LogP contribution in [0.4, 0.5) is 5.69 Å². The van der Waals surface area contributed by atoms with Crippen molar-refractivity contribution in [2.24, 2.45) is 5.92 Å². The smallest absolute Gasteiger partial charge is 0.316 e. The molecule has 1 aliphatic rings. The summed E-state index contributed by atoms with van der Waals surface area (Å²) in [5.41, 5.74) is 2.85. The van der Waals surface area contributed by atoms with E-state index in [9.17, 15) is 9.59 Å². The number of ether oxygens (including phenoxy) is 1. The molecule has 30 heavy (non-hydrogen) atoms. The van der Waals surface area contributed by atoms with Gasteiger partial charge in [0.25, 0.3) is 0 Å². The average Bonchev–Trinajstić information content (AvgIpc) is 3.14. The third-order valence-electron chi connectivity index (χ3n) is 5.07. The second-order valence-corrected chi connectivity index (χ2v) is 7.99. The van der Waals surface area contributed by atoms with Crippen molar-refractivity contribution in [2.45, 2.75) is 12.8 Å². The summed E-state index contributed by atoms with van der Waals surface area (Å²) in [5, 5.41) is 0.666. The van der Waals surface area contributed by atoms with Crippen LogP contribution in [0.3, 0.4) is 0 Å². The summed E-state index contributed by atoms with van der Waals surface area (Å²) in [4.78, 5) is 26.5. The molecule has 6 heteroatoms. The van der Waals surface area contributed by atoms with E-state index in [0.717, 1.165) is 12.0 Å². The largest absolute Gasteiger partial charge is 0.426 e. The van der Waals surface area contributed by atoms with Crippen molar-refractivity contribution in [1.82, 2.24) is 0 Å². The normalized spacial score (nSPS) is 16.0. The quantitative estimate of drug-likeness (QED) is 0.387. The summed E-state index contributed by atoms with van der Waals surface area (Å²) < 4.78 is 5.51. The van der Waals surface area contributed by atoms with Gasteiger partial charge in [-0.25, -0.2) is 0 Å². The minimum absolute atomic E-state index is 0.0771. The highest BCUT2D eigenvalue weighted by Crippen LogP contribution is 2.36. The summed E-state index contributed by atoms with van der Waals surface area (Å²) >= 11 is 12.3. The molecule has 0 unspecified atom stereocenters. The monoisotopic (exact) mass is 439 g/mol. The maximum absolute atomic E-state index is 12.6. The lowest BCUT2D eigenvalue weighted by Crippen LogP contribution is -2.27. The Balaban J connectivity index is 1.39. The highest BCUT2D eigenvalue weighted by molar-refractivity contribution is 6.44. The molecule has 1 saturated heterocycles. The second-order valence-electron chi connectivity index (χ2n) is 7.21. The topological polar surface area (TPSA) is 46.6 Å². The zero-order valence-electron chi connectivity index (χ0n) is 16.1. The van der Waals surface area contributed by atoms with E-state index in [0.29, 0.717) is 21.5 Å². The zero-order chi connectivity index (χ0) is 21.1. The van der Waals surface area contributed by atoms with E-state index >= 15 is 0 Å². The van der Waals surface area contributed by atoms with Crippen LogP contribution in [0.1, 0.15) is 17.5 Å². The number of halogens is 2.